The summed E-state index contributed by atoms with van der Waals surface area (Å²) in [4.78, 5) is 14.2. The summed E-state index contributed by atoms with van der Waals surface area (Å²) in [6.45, 7) is 9.68. The smallest absolute Gasteiger partial charge is 0.323 e. The lowest BCUT2D eigenvalue weighted by Crippen LogP contribution is -2.51. The standard InChI is InChI=1S/C17H32N2O2/c1-4-18-17(16(20)21)9-7-15(12-17)19-10-5-6-14(8-11-19)13(2)3/h13-15,18H,4-12H2,1-3H3,(H,20,21). The van der Waals surface area contributed by atoms with E-state index in [4.69, 9.17) is 0 Å². The molecule has 21 heavy (non-hydrogen) atoms. The number of nitrogens with zero attached hydrogens (tertiary/aromatic N) is 1. The third kappa shape index (κ3) is 3.78. The molecule has 0 bridgehead atoms. The zero-order valence-corrected chi connectivity index (χ0v) is 13.9. The van der Waals surface area contributed by atoms with Crippen LogP contribution in [0.25, 0.3) is 0 Å². The van der Waals surface area contributed by atoms with E-state index in [1.165, 1.54) is 19.3 Å². The van der Waals surface area contributed by atoms with Crippen LogP contribution in [0.5, 0.6) is 0 Å². The van der Waals surface area contributed by atoms with E-state index >= 15 is 0 Å². The number of carbonyl (C=O) groups is 1. The van der Waals surface area contributed by atoms with E-state index in [9.17, 15) is 9.90 Å². The lowest BCUT2D eigenvalue weighted by molar-refractivity contribution is -0.144. The van der Waals surface area contributed by atoms with E-state index in [2.05, 4.69) is 24.1 Å². The van der Waals surface area contributed by atoms with Crippen LogP contribution in [0.1, 0.15) is 59.3 Å². The predicted octanol–water partition coefficient (Wildman–Crippen LogP) is 2.73. The molecule has 0 aromatic rings. The van der Waals surface area contributed by atoms with Gasteiger partial charge >= 0.3 is 5.97 Å². The zero-order valence-electron chi connectivity index (χ0n) is 13.9. The molecule has 3 atom stereocenters. The molecule has 4 nitrogen and oxygen atoms in total. The molecule has 2 fully saturated rings. The maximum Gasteiger partial charge on any atom is 0.323 e. The van der Waals surface area contributed by atoms with Crippen molar-refractivity contribution in [2.24, 2.45) is 11.8 Å². The van der Waals surface area contributed by atoms with Gasteiger partial charge in [0.15, 0.2) is 0 Å². The summed E-state index contributed by atoms with van der Waals surface area (Å²) in [6.07, 6.45) is 6.42. The first-order valence-corrected chi connectivity index (χ1v) is 8.71. The maximum atomic E-state index is 11.7. The van der Waals surface area contributed by atoms with Crippen molar-refractivity contribution in [2.75, 3.05) is 19.6 Å². The Morgan fingerprint density at radius 1 is 1.33 bits per heavy atom. The fraction of sp³-hybridized carbons (Fsp3) is 0.941. The van der Waals surface area contributed by atoms with Crippen LogP contribution in [0, 0.1) is 11.8 Å². The first-order chi connectivity index (χ1) is 9.98. The van der Waals surface area contributed by atoms with E-state index in [1.54, 1.807) is 0 Å². The molecular weight excluding hydrogens is 264 g/mol. The molecule has 0 spiro atoms. The van der Waals surface area contributed by atoms with Gasteiger partial charge in [0, 0.05) is 6.04 Å². The number of hydrogen-bond acceptors (Lipinski definition) is 3. The zero-order chi connectivity index (χ0) is 15.5. The van der Waals surface area contributed by atoms with Gasteiger partial charge < -0.3 is 15.3 Å². The second-order valence-electron chi connectivity index (χ2n) is 7.29. The summed E-state index contributed by atoms with van der Waals surface area (Å²) >= 11 is 0. The molecule has 2 rings (SSSR count). The summed E-state index contributed by atoms with van der Waals surface area (Å²) < 4.78 is 0. The molecule has 0 aromatic heterocycles. The third-order valence-corrected chi connectivity index (χ3v) is 5.68. The summed E-state index contributed by atoms with van der Waals surface area (Å²) in [6, 6.07) is 0.450. The number of likely N-dealkylation sites (N-methyl/N-ethyl adjacent to an activating group) is 1. The summed E-state index contributed by atoms with van der Waals surface area (Å²) in [7, 11) is 0. The Hall–Kier alpha value is -0.610. The van der Waals surface area contributed by atoms with Crippen molar-refractivity contribution in [2.45, 2.75) is 70.9 Å². The van der Waals surface area contributed by atoms with E-state index < -0.39 is 11.5 Å². The highest BCUT2D eigenvalue weighted by atomic mass is 16.4. The second kappa shape index (κ2) is 7.10. The van der Waals surface area contributed by atoms with Crippen LogP contribution in [0.15, 0.2) is 0 Å². The van der Waals surface area contributed by atoms with Crippen LogP contribution >= 0.6 is 0 Å². The Morgan fingerprint density at radius 2 is 2.10 bits per heavy atom. The lowest BCUT2D eigenvalue weighted by Gasteiger charge is -2.30. The largest absolute Gasteiger partial charge is 0.480 e. The molecule has 1 aliphatic carbocycles. The van der Waals surface area contributed by atoms with Gasteiger partial charge in [0.1, 0.15) is 5.54 Å². The molecule has 1 aliphatic heterocycles. The fourth-order valence-electron chi connectivity index (χ4n) is 4.28. The normalized spacial score (nSPS) is 35.0. The topological polar surface area (TPSA) is 52.6 Å². The first-order valence-electron chi connectivity index (χ1n) is 8.71. The van der Waals surface area contributed by atoms with Crippen LogP contribution in [0.3, 0.4) is 0 Å². The third-order valence-electron chi connectivity index (χ3n) is 5.68. The minimum atomic E-state index is -0.677. The van der Waals surface area contributed by atoms with Crippen LogP contribution in [-0.4, -0.2) is 47.2 Å². The van der Waals surface area contributed by atoms with Gasteiger partial charge in [-0.1, -0.05) is 20.8 Å². The number of carboxylic acid groups (broad SMARTS) is 1. The number of aliphatic carboxylic acids is 1. The van der Waals surface area contributed by atoms with Crippen molar-refractivity contribution in [3.63, 3.8) is 0 Å². The first kappa shape index (κ1) is 16.8. The summed E-state index contributed by atoms with van der Waals surface area (Å²) in [5.74, 6) is 0.949. The minimum absolute atomic E-state index is 0.450. The van der Waals surface area contributed by atoms with Gasteiger partial charge in [-0.25, -0.2) is 0 Å². The molecular formula is C17H32N2O2. The number of carboxylic acids is 1. The second-order valence-corrected chi connectivity index (χ2v) is 7.29. The van der Waals surface area contributed by atoms with Crippen molar-refractivity contribution in [1.82, 2.24) is 10.2 Å². The molecule has 2 aliphatic rings. The van der Waals surface area contributed by atoms with Crippen molar-refractivity contribution >= 4 is 5.97 Å². The molecule has 1 saturated heterocycles. The summed E-state index contributed by atoms with van der Waals surface area (Å²) in [5.41, 5.74) is -0.677. The number of nitrogens with one attached hydrogen (secondary N) is 1. The average Bonchev–Trinajstić information content (AvgIpc) is 2.71. The van der Waals surface area contributed by atoms with Crippen molar-refractivity contribution in [3.05, 3.63) is 0 Å². The van der Waals surface area contributed by atoms with Gasteiger partial charge in [-0.2, -0.15) is 0 Å². The van der Waals surface area contributed by atoms with E-state index in [0.717, 1.165) is 50.7 Å². The number of likely N-dealkylation sites (tertiary alicyclic amines) is 1. The van der Waals surface area contributed by atoms with Crippen molar-refractivity contribution < 1.29 is 9.90 Å². The molecule has 0 amide bonds. The molecule has 2 N–H and O–H groups in total. The molecule has 1 saturated carbocycles. The van der Waals surface area contributed by atoms with Crippen molar-refractivity contribution in [1.29, 1.82) is 0 Å². The lowest BCUT2D eigenvalue weighted by atomic mass is 9.89. The van der Waals surface area contributed by atoms with Gasteiger partial charge in [0.05, 0.1) is 0 Å². The highest BCUT2D eigenvalue weighted by Crippen LogP contribution is 2.35. The Kier molecular flexibility index (Phi) is 5.67. The predicted molar refractivity (Wildman–Crippen MR) is 85.4 cm³/mol. The SMILES string of the molecule is CCNC1(C(=O)O)CCC(N2CCCC(C(C)C)CC2)C1. The quantitative estimate of drug-likeness (QED) is 0.819. The van der Waals surface area contributed by atoms with Gasteiger partial charge in [0.25, 0.3) is 0 Å². The number of hydrogen-bond donors (Lipinski definition) is 2. The van der Waals surface area contributed by atoms with Crippen LogP contribution in [0.4, 0.5) is 0 Å². The van der Waals surface area contributed by atoms with Gasteiger partial charge in [-0.05, 0) is 70.0 Å². The van der Waals surface area contributed by atoms with Gasteiger partial charge in [-0.15, -0.1) is 0 Å². The van der Waals surface area contributed by atoms with Gasteiger partial charge in [-0.3, -0.25) is 4.79 Å². The minimum Gasteiger partial charge on any atom is -0.480 e. The molecule has 3 unspecified atom stereocenters. The van der Waals surface area contributed by atoms with Crippen LogP contribution < -0.4 is 5.32 Å². The maximum absolute atomic E-state index is 11.7. The highest BCUT2D eigenvalue weighted by molar-refractivity contribution is 5.79. The molecule has 4 heteroatoms. The highest BCUT2D eigenvalue weighted by Gasteiger charge is 2.46. The average molecular weight is 296 g/mol. The Bertz CT molecular complexity index is 359. The van der Waals surface area contributed by atoms with Crippen molar-refractivity contribution in [3.8, 4) is 0 Å². The van der Waals surface area contributed by atoms with E-state index in [1.807, 2.05) is 6.92 Å². The van der Waals surface area contributed by atoms with E-state index in [-0.39, 0.29) is 0 Å². The number of rotatable bonds is 5. The molecule has 0 radical (unpaired) electrons. The van der Waals surface area contributed by atoms with Crippen LogP contribution in [-0.2, 0) is 4.79 Å². The molecule has 1 heterocycles. The fourth-order valence-corrected chi connectivity index (χ4v) is 4.28. The Balaban J connectivity index is 1.96. The molecule has 122 valence electrons. The monoisotopic (exact) mass is 296 g/mol. The Labute approximate surface area is 129 Å². The van der Waals surface area contributed by atoms with Gasteiger partial charge in [0.2, 0.25) is 0 Å². The van der Waals surface area contributed by atoms with E-state index in [0.29, 0.717) is 6.04 Å². The van der Waals surface area contributed by atoms with Crippen LogP contribution in [0.2, 0.25) is 0 Å². The summed E-state index contributed by atoms with van der Waals surface area (Å²) in [5, 5.41) is 12.8. The Morgan fingerprint density at radius 3 is 2.71 bits per heavy atom. The molecule has 0 aromatic carbocycles.